The fraction of sp³-hybridized carbons (Fsp3) is 0.529. The lowest BCUT2D eigenvalue weighted by Gasteiger charge is -2.18. The Balaban J connectivity index is 0.000000265. The highest BCUT2D eigenvalue weighted by Crippen LogP contribution is 2.25. The molecule has 0 heteroatoms. The summed E-state index contributed by atoms with van der Waals surface area (Å²) in [5.41, 5.74) is 2.78. The minimum Gasteiger partial charge on any atom is -0.0999 e. The molecule has 0 aliphatic heterocycles. The summed E-state index contributed by atoms with van der Waals surface area (Å²) >= 11 is 0. The van der Waals surface area contributed by atoms with Gasteiger partial charge in [-0.1, -0.05) is 68.8 Å². The molecular formula is C17H28. The van der Waals surface area contributed by atoms with Gasteiger partial charge in [0, 0.05) is 0 Å². The molecule has 1 aromatic carbocycles. The van der Waals surface area contributed by atoms with Crippen LogP contribution in [0.1, 0.15) is 52.0 Å². The largest absolute Gasteiger partial charge is 0.0999 e. The minimum absolute atomic E-state index is 0.959. The van der Waals surface area contributed by atoms with Crippen LogP contribution in [0.5, 0.6) is 0 Å². The van der Waals surface area contributed by atoms with Crippen LogP contribution in [0.15, 0.2) is 42.5 Å². The number of allylic oxidation sites excluding steroid dienone is 1. The first-order valence-electron chi connectivity index (χ1n) is 6.87. The Labute approximate surface area is 108 Å². The van der Waals surface area contributed by atoms with Gasteiger partial charge in [0.25, 0.3) is 0 Å². The molecule has 0 bridgehead atoms. The molecule has 1 fully saturated rings. The third-order valence-corrected chi connectivity index (χ3v) is 2.92. The Morgan fingerprint density at radius 1 is 1.00 bits per heavy atom. The molecule has 0 atom stereocenters. The maximum atomic E-state index is 3.95. The summed E-state index contributed by atoms with van der Waals surface area (Å²) in [6.45, 7) is 12.4. The van der Waals surface area contributed by atoms with Crippen molar-refractivity contribution >= 4 is 0 Å². The molecule has 0 unspecified atom stereocenters. The third-order valence-electron chi connectivity index (χ3n) is 2.92. The second-order valence-electron chi connectivity index (χ2n) is 4.59. The summed E-state index contributed by atoms with van der Waals surface area (Å²) in [6, 6.07) is 10.3. The Morgan fingerprint density at radius 2 is 1.47 bits per heavy atom. The van der Waals surface area contributed by atoms with E-state index in [2.05, 4.69) is 32.6 Å². The number of hydrogen-bond acceptors (Lipinski definition) is 0. The number of hydrogen-bond donors (Lipinski definition) is 0. The van der Waals surface area contributed by atoms with Gasteiger partial charge in [0.2, 0.25) is 0 Å². The van der Waals surface area contributed by atoms with Crippen molar-refractivity contribution in [3.05, 3.63) is 48.0 Å². The molecule has 0 N–H and O–H groups in total. The number of aryl methyl sites for hydroxylation is 1. The van der Waals surface area contributed by atoms with Crippen LogP contribution in [0.25, 0.3) is 0 Å². The van der Waals surface area contributed by atoms with Gasteiger partial charge in [0.1, 0.15) is 0 Å². The molecule has 1 aromatic rings. The van der Waals surface area contributed by atoms with Crippen molar-refractivity contribution in [2.75, 3.05) is 0 Å². The van der Waals surface area contributed by atoms with Crippen LogP contribution >= 0.6 is 0 Å². The van der Waals surface area contributed by atoms with E-state index in [9.17, 15) is 0 Å². The molecule has 0 nitrogen and oxygen atoms in total. The van der Waals surface area contributed by atoms with Gasteiger partial charge < -0.3 is 0 Å². The SMILES string of the molecule is C=C1CCC(C)CC1.CC.Cc1ccccc1. The van der Waals surface area contributed by atoms with Gasteiger partial charge in [0.15, 0.2) is 0 Å². The lowest BCUT2D eigenvalue weighted by molar-refractivity contribution is 0.445. The van der Waals surface area contributed by atoms with Gasteiger partial charge in [0.05, 0.1) is 0 Å². The zero-order valence-electron chi connectivity index (χ0n) is 12.0. The molecule has 2 rings (SSSR count). The highest BCUT2D eigenvalue weighted by Gasteiger charge is 2.09. The van der Waals surface area contributed by atoms with Crippen molar-refractivity contribution in [3.63, 3.8) is 0 Å². The predicted molar refractivity (Wildman–Crippen MR) is 79.3 cm³/mol. The number of benzene rings is 1. The predicted octanol–water partition coefficient (Wildman–Crippen LogP) is 5.77. The fourth-order valence-electron chi connectivity index (χ4n) is 1.70. The van der Waals surface area contributed by atoms with E-state index < -0.39 is 0 Å². The molecule has 0 aromatic heterocycles. The minimum atomic E-state index is 0.959. The van der Waals surface area contributed by atoms with Crippen LogP contribution in [0.3, 0.4) is 0 Å². The van der Waals surface area contributed by atoms with Crippen LogP contribution < -0.4 is 0 Å². The zero-order valence-corrected chi connectivity index (χ0v) is 12.0. The maximum absolute atomic E-state index is 3.95. The van der Waals surface area contributed by atoms with E-state index in [0.717, 1.165) is 5.92 Å². The summed E-state index contributed by atoms with van der Waals surface area (Å²) < 4.78 is 0. The smallest absolute Gasteiger partial charge is 0.0320 e. The molecule has 0 saturated heterocycles. The fourth-order valence-corrected chi connectivity index (χ4v) is 1.70. The van der Waals surface area contributed by atoms with Crippen LogP contribution in [0.2, 0.25) is 0 Å². The first-order chi connectivity index (χ1) is 8.18. The van der Waals surface area contributed by atoms with Gasteiger partial charge in [-0.3, -0.25) is 0 Å². The van der Waals surface area contributed by atoms with E-state index in [4.69, 9.17) is 0 Å². The Kier molecular flexibility index (Phi) is 9.52. The third kappa shape index (κ3) is 8.74. The molecule has 1 saturated carbocycles. The normalized spacial score (nSPS) is 15.2. The first-order valence-corrected chi connectivity index (χ1v) is 6.87. The van der Waals surface area contributed by atoms with E-state index in [1.165, 1.54) is 36.8 Å². The maximum Gasteiger partial charge on any atom is -0.0320 e. The lowest BCUT2D eigenvalue weighted by atomic mass is 9.88. The van der Waals surface area contributed by atoms with Crippen LogP contribution in [-0.4, -0.2) is 0 Å². The van der Waals surface area contributed by atoms with Crippen molar-refractivity contribution in [2.24, 2.45) is 5.92 Å². The Bertz CT molecular complexity index is 274. The second-order valence-corrected chi connectivity index (χ2v) is 4.59. The molecule has 0 radical (unpaired) electrons. The van der Waals surface area contributed by atoms with Crippen molar-refractivity contribution in [3.8, 4) is 0 Å². The highest BCUT2D eigenvalue weighted by molar-refractivity contribution is 5.11. The van der Waals surface area contributed by atoms with E-state index >= 15 is 0 Å². The topological polar surface area (TPSA) is 0 Å². The van der Waals surface area contributed by atoms with Crippen LogP contribution in [0.4, 0.5) is 0 Å². The zero-order chi connectivity index (χ0) is 13.1. The molecule has 17 heavy (non-hydrogen) atoms. The van der Waals surface area contributed by atoms with E-state index in [1.807, 2.05) is 32.0 Å². The molecule has 1 aliphatic rings. The molecule has 0 amide bonds. The van der Waals surface area contributed by atoms with Gasteiger partial charge in [-0.25, -0.2) is 0 Å². The second kappa shape index (κ2) is 10.1. The summed E-state index contributed by atoms with van der Waals surface area (Å²) in [4.78, 5) is 0. The van der Waals surface area contributed by atoms with Crippen molar-refractivity contribution in [1.82, 2.24) is 0 Å². The Hall–Kier alpha value is -1.04. The summed E-state index contributed by atoms with van der Waals surface area (Å²) in [5.74, 6) is 0.959. The molecule has 96 valence electrons. The molecule has 1 aliphatic carbocycles. The molecule has 0 heterocycles. The average Bonchev–Trinajstić information content (AvgIpc) is 2.37. The summed E-state index contributed by atoms with van der Waals surface area (Å²) in [5, 5.41) is 0. The average molecular weight is 232 g/mol. The van der Waals surface area contributed by atoms with Crippen LogP contribution in [-0.2, 0) is 0 Å². The van der Waals surface area contributed by atoms with E-state index in [-0.39, 0.29) is 0 Å². The molecule has 0 spiro atoms. The summed E-state index contributed by atoms with van der Waals surface area (Å²) in [6.07, 6.45) is 5.31. The van der Waals surface area contributed by atoms with E-state index in [0.29, 0.717) is 0 Å². The quantitative estimate of drug-likeness (QED) is 0.498. The van der Waals surface area contributed by atoms with E-state index in [1.54, 1.807) is 0 Å². The Morgan fingerprint density at radius 3 is 1.76 bits per heavy atom. The highest BCUT2D eigenvalue weighted by atomic mass is 14.1. The van der Waals surface area contributed by atoms with Gasteiger partial charge in [-0.15, -0.1) is 0 Å². The van der Waals surface area contributed by atoms with Gasteiger partial charge >= 0.3 is 0 Å². The van der Waals surface area contributed by atoms with Gasteiger partial charge in [-0.2, -0.15) is 0 Å². The number of rotatable bonds is 0. The van der Waals surface area contributed by atoms with Crippen LogP contribution in [0, 0.1) is 12.8 Å². The van der Waals surface area contributed by atoms with Gasteiger partial charge in [-0.05, 0) is 38.5 Å². The lowest BCUT2D eigenvalue weighted by Crippen LogP contribution is -2.02. The molecular weight excluding hydrogens is 204 g/mol. The monoisotopic (exact) mass is 232 g/mol. The van der Waals surface area contributed by atoms with Crippen molar-refractivity contribution in [1.29, 1.82) is 0 Å². The summed E-state index contributed by atoms with van der Waals surface area (Å²) in [7, 11) is 0. The first kappa shape index (κ1) is 16.0. The van der Waals surface area contributed by atoms with Crippen molar-refractivity contribution in [2.45, 2.75) is 53.4 Å². The van der Waals surface area contributed by atoms with Crippen molar-refractivity contribution < 1.29 is 0 Å². The standard InChI is InChI=1S/C8H14.C7H8.C2H6/c1-7-3-5-8(2)6-4-7;1-7-5-3-2-4-6-7;1-2/h8H,1,3-6H2,2H3;2-6H,1H3;1-2H3.